The number of morpholine rings is 1. The van der Waals surface area contributed by atoms with Crippen molar-refractivity contribution in [2.75, 3.05) is 26.3 Å². The maximum atomic E-state index is 13.5. The topological polar surface area (TPSA) is 62.7 Å². The number of nitrogens with zero attached hydrogens (tertiary/aromatic N) is 2. The molecule has 2 heterocycles. The predicted molar refractivity (Wildman–Crippen MR) is 95.1 cm³/mol. The summed E-state index contributed by atoms with van der Waals surface area (Å²) in [5, 5.41) is 9.93. The third kappa shape index (κ3) is 4.45. The van der Waals surface area contributed by atoms with E-state index in [-0.39, 0.29) is 31.3 Å². The van der Waals surface area contributed by atoms with Gasteiger partial charge in [0.05, 0.1) is 26.2 Å². The van der Waals surface area contributed by atoms with E-state index in [1.807, 2.05) is 25.1 Å². The third-order valence-electron chi connectivity index (χ3n) is 4.58. The van der Waals surface area contributed by atoms with E-state index in [1.54, 1.807) is 17.0 Å². The van der Waals surface area contributed by atoms with E-state index >= 15 is 0 Å². The Labute approximate surface area is 152 Å². The summed E-state index contributed by atoms with van der Waals surface area (Å²) in [7, 11) is 0. The molecule has 0 saturated carbocycles. The fraction of sp³-hybridized carbons (Fsp3) is 0.400. The van der Waals surface area contributed by atoms with Crippen molar-refractivity contribution in [2.24, 2.45) is 0 Å². The van der Waals surface area contributed by atoms with E-state index < -0.39 is 5.60 Å². The van der Waals surface area contributed by atoms with Gasteiger partial charge in [-0.3, -0.25) is 9.78 Å². The summed E-state index contributed by atoms with van der Waals surface area (Å²) >= 11 is 0. The molecule has 5 nitrogen and oxygen atoms in total. The molecule has 0 spiro atoms. The minimum Gasteiger partial charge on any atom is -0.393 e. The molecule has 3 rings (SSSR count). The second-order valence-electron chi connectivity index (χ2n) is 6.76. The zero-order chi connectivity index (χ0) is 18.6. The van der Waals surface area contributed by atoms with Crippen molar-refractivity contribution in [3.05, 3.63) is 65.2 Å². The molecule has 6 heteroatoms. The number of benzene rings is 1. The van der Waals surface area contributed by atoms with E-state index in [0.717, 1.165) is 17.0 Å². The molecule has 1 fully saturated rings. The van der Waals surface area contributed by atoms with Crippen molar-refractivity contribution in [2.45, 2.75) is 25.4 Å². The SMILES string of the molecule is Cc1cccc(CC(=O)N2CCOC(CO)(Cc3cccc(F)c3)C2)n1. The molecule has 0 bridgehead atoms. The number of ether oxygens (including phenoxy) is 1. The Bertz CT molecular complexity index is 783. The van der Waals surface area contributed by atoms with Crippen LogP contribution in [0.2, 0.25) is 0 Å². The summed E-state index contributed by atoms with van der Waals surface area (Å²) in [6.45, 7) is 2.72. The molecule has 0 radical (unpaired) electrons. The first kappa shape index (κ1) is 18.5. The molecule has 1 aromatic carbocycles. The van der Waals surface area contributed by atoms with E-state index in [1.165, 1.54) is 12.1 Å². The van der Waals surface area contributed by atoms with Gasteiger partial charge in [0.1, 0.15) is 11.4 Å². The maximum Gasteiger partial charge on any atom is 0.228 e. The van der Waals surface area contributed by atoms with Crippen LogP contribution in [0.4, 0.5) is 4.39 Å². The fourth-order valence-electron chi connectivity index (χ4n) is 3.30. The number of aliphatic hydroxyl groups excluding tert-OH is 1. The average Bonchev–Trinajstić information content (AvgIpc) is 2.62. The van der Waals surface area contributed by atoms with E-state index in [2.05, 4.69) is 4.98 Å². The second-order valence-corrected chi connectivity index (χ2v) is 6.76. The average molecular weight is 358 g/mol. The Hall–Kier alpha value is -2.31. The van der Waals surface area contributed by atoms with Gasteiger partial charge in [-0.1, -0.05) is 18.2 Å². The number of hydrogen-bond acceptors (Lipinski definition) is 4. The highest BCUT2D eigenvalue weighted by atomic mass is 19.1. The standard InChI is InChI=1S/C20H23FN2O3/c1-15-4-2-7-18(22-15)11-19(25)23-8-9-26-20(13-23,14-24)12-16-5-3-6-17(21)10-16/h2-7,10,24H,8-9,11-14H2,1H3. The first-order chi connectivity index (χ1) is 12.5. The maximum absolute atomic E-state index is 13.5. The number of aryl methyl sites for hydroxylation is 1. The zero-order valence-electron chi connectivity index (χ0n) is 14.8. The molecular weight excluding hydrogens is 335 g/mol. The lowest BCUT2D eigenvalue weighted by molar-refractivity contribution is -0.157. The minimum absolute atomic E-state index is 0.0523. The van der Waals surface area contributed by atoms with Gasteiger partial charge in [0.15, 0.2) is 0 Å². The molecule has 1 saturated heterocycles. The van der Waals surface area contributed by atoms with Gasteiger partial charge in [-0.05, 0) is 36.8 Å². The van der Waals surface area contributed by atoms with Crippen molar-refractivity contribution in [3.63, 3.8) is 0 Å². The lowest BCUT2D eigenvalue weighted by atomic mass is 9.93. The van der Waals surface area contributed by atoms with Crippen LogP contribution in [-0.4, -0.2) is 52.8 Å². The van der Waals surface area contributed by atoms with Gasteiger partial charge in [0, 0.05) is 24.4 Å². The Kier molecular flexibility index (Phi) is 5.64. The first-order valence-electron chi connectivity index (χ1n) is 8.69. The molecule has 1 N–H and O–H groups in total. The van der Waals surface area contributed by atoms with Crippen molar-refractivity contribution in [1.29, 1.82) is 0 Å². The van der Waals surface area contributed by atoms with E-state index in [4.69, 9.17) is 4.74 Å². The summed E-state index contributed by atoms with van der Waals surface area (Å²) in [5.74, 6) is -0.381. The molecule has 1 aromatic heterocycles. The number of carbonyl (C=O) groups is 1. The van der Waals surface area contributed by atoms with E-state index in [9.17, 15) is 14.3 Å². The number of amides is 1. The number of carbonyl (C=O) groups excluding carboxylic acids is 1. The first-order valence-corrected chi connectivity index (χ1v) is 8.69. The van der Waals surface area contributed by atoms with Gasteiger partial charge in [-0.15, -0.1) is 0 Å². The molecule has 2 aromatic rings. The lowest BCUT2D eigenvalue weighted by Crippen LogP contribution is -2.57. The van der Waals surface area contributed by atoms with Gasteiger partial charge < -0.3 is 14.7 Å². The van der Waals surface area contributed by atoms with Crippen LogP contribution in [0.3, 0.4) is 0 Å². The van der Waals surface area contributed by atoms with Crippen molar-refractivity contribution in [3.8, 4) is 0 Å². The van der Waals surface area contributed by atoms with E-state index in [0.29, 0.717) is 19.6 Å². The van der Waals surface area contributed by atoms with Crippen LogP contribution >= 0.6 is 0 Å². The Morgan fingerprint density at radius 2 is 2.15 bits per heavy atom. The highest BCUT2D eigenvalue weighted by molar-refractivity contribution is 5.78. The molecule has 1 atom stereocenters. The molecule has 1 aliphatic rings. The number of rotatable bonds is 5. The molecule has 0 aliphatic carbocycles. The Balaban J connectivity index is 1.70. The number of pyridine rings is 1. The van der Waals surface area contributed by atoms with Gasteiger partial charge in [0.2, 0.25) is 5.91 Å². The molecule has 1 amide bonds. The highest BCUT2D eigenvalue weighted by Crippen LogP contribution is 2.24. The minimum atomic E-state index is -0.915. The quantitative estimate of drug-likeness (QED) is 0.887. The van der Waals surface area contributed by atoms with Crippen LogP contribution in [0.25, 0.3) is 0 Å². The van der Waals surface area contributed by atoms with Gasteiger partial charge in [0.25, 0.3) is 0 Å². The Morgan fingerprint density at radius 1 is 1.35 bits per heavy atom. The largest absolute Gasteiger partial charge is 0.393 e. The van der Waals surface area contributed by atoms with Crippen LogP contribution in [0.5, 0.6) is 0 Å². The number of aromatic nitrogens is 1. The third-order valence-corrected chi connectivity index (χ3v) is 4.58. The summed E-state index contributed by atoms with van der Waals surface area (Å²) < 4.78 is 19.3. The predicted octanol–water partition coefficient (Wildman–Crippen LogP) is 1.90. The van der Waals surface area contributed by atoms with Gasteiger partial charge in [-0.25, -0.2) is 4.39 Å². The second kappa shape index (κ2) is 7.93. The van der Waals surface area contributed by atoms with Crippen molar-refractivity contribution in [1.82, 2.24) is 9.88 Å². The summed E-state index contributed by atoms with van der Waals surface area (Å²) in [5.41, 5.74) is 1.41. The van der Waals surface area contributed by atoms with Crippen molar-refractivity contribution >= 4 is 5.91 Å². The van der Waals surface area contributed by atoms with Crippen LogP contribution in [0, 0.1) is 12.7 Å². The molecular formula is C20H23FN2O3. The van der Waals surface area contributed by atoms with Crippen LogP contribution in [-0.2, 0) is 22.4 Å². The number of hydrogen-bond donors (Lipinski definition) is 1. The molecule has 1 aliphatic heterocycles. The molecule has 26 heavy (non-hydrogen) atoms. The molecule has 1 unspecified atom stereocenters. The van der Waals surface area contributed by atoms with Crippen LogP contribution in [0.1, 0.15) is 17.0 Å². The summed E-state index contributed by atoms with van der Waals surface area (Å²) in [6, 6.07) is 11.8. The highest BCUT2D eigenvalue weighted by Gasteiger charge is 2.38. The smallest absolute Gasteiger partial charge is 0.228 e. The summed E-state index contributed by atoms with van der Waals surface area (Å²) in [6.07, 6.45) is 0.552. The monoisotopic (exact) mass is 358 g/mol. The van der Waals surface area contributed by atoms with Gasteiger partial charge in [-0.2, -0.15) is 0 Å². The normalized spacial score (nSPS) is 20.2. The van der Waals surface area contributed by atoms with Crippen molar-refractivity contribution < 1.29 is 19.0 Å². The van der Waals surface area contributed by atoms with Crippen LogP contribution < -0.4 is 0 Å². The van der Waals surface area contributed by atoms with Crippen LogP contribution in [0.15, 0.2) is 42.5 Å². The number of halogens is 1. The molecule has 138 valence electrons. The zero-order valence-corrected chi connectivity index (χ0v) is 14.8. The summed E-state index contributed by atoms with van der Waals surface area (Å²) in [4.78, 5) is 18.7. The fourth-order valence-corrected chi connectivity index (χ4v) is 3.30. The number of aliphatic hydroxyl groups is 1. The van der Waals surface area contributed by atoms with Gasteiger partial charge >= 0.3 is 0 Å². The Morgan fingerprint density at radius 3 is 2.88 bits per heavy atom. The lowest BCUT2D eigenvalue weighted by Gasteiger charge is -2.42.